The molecule has 2 unspecified atom stereocenters. The summed E-state index contributed by atoms with van der Waals surface area (Å²) in [6, 6.07) is 5.61. The first kappa shape index (κ1) is 24.7. The fourth-order valence-corrected chi connectivity index (χ4v) is 6.60. The Morgan fingerprint density at radius 1 is 1.28 bits per heavy atom. The first-order valence-corrected chi connectivity index (χ1v) is 11.9. The molecular weight excluding hydrogens is 428 g/mol. The molecule has 4 bridgehead atoms. The number of nitro benzene ring substituents is 1. The summed E-state index contributed by atoms with van der Waals surface area (Å²) in [6.45, 7) is 5.15. The fourth-order valence-electron chi connectivity index (χ4n) is 5.86. The van der Waals surface area contributed by atoms with E-state index in [0.29, 0.717) is 28.3 Å². The molecule has 0 spiro atoms. The molecule has 5 rings (SSSR count). The van der Waals surface area contributed by atoms with Crippen molar-refractivity contribution >= 4 is 29.8 Å². The lowest BCUT2D eigenvalue weighted by Gasteiger charge is -2.58. The van der Waals surface area contributed by atoms with Crippen molar-refractivity contribution in [2.24, 2.45) is 28.9 Å². The van der Waals surface area contributed by atoms with Crippen LogP contribution in [0.2, 0.25) is 0 Å². The van der Waals surface area contributed by atoms with Crippen molar-refractivity contribution in [1.29, 1.82) is 0 Å². The molecule has 9 heteroatoms. The van der Waals surface area contributed by atoms with E-state index in [1.165, 1.54) is 30.9 Å². The van der Waals surface area contributed by atoms with Crippen LogP contribution in [0, 0.1) is 40.2 Å². The van der Waals surface area contributed by atoms with Crippen molar-refractivity contribution in [3.05, 3.63) is 33.9 Å². The molecule has 32 heavy (non-hydrogen) atoms. The molecule has 4 fully saturated rings. The number of nitrogens with two attached hydrogens (primary N) is 1. The third-order valence-corrected chi connectivity index (χ3v) is 8.35. The molecule has 4 saturated carbocycles. The summed E-state index contributed by atoms with van der Waals surface area (Å²) >= 11 is 1.21. The van der Waals surface area contributed by atoms with Crippen LogP contribution in [0.15, 0.2) is 23.1 Å². The molecule has 1 aromatic rings. The fraction of sp³-hybridized carbons (Fsp3) is 0.652. The van der Waals surface area contributed by atoms with Gasteiger partial charge in [-0.3, -0.25) is 14.9 Å². The molecule has 8 nitrogen and oxygen atoms in total. The van der Waals surface area contributed by atoms with Gasteiger partial charge in [0.1, 0.15) is 6.29 Å². The van der Waals surface area contributed by atoms with Gasteiger partial charge in [0.15, 0.2) is 0 Å². The van der Waals surface area contributed by atoms with E-state index in [1.54, 1.807) is 32.9 Å². The maximum absolute atomic E-state index is 11.6. The Morgan fingerprint density at radius 2 is 1.91 bits per heavy atom. The lowest BCUT2D eigenvalue weighted by molar-refractivity contribution is -0.385. The first-order chi connectivity index (χ1) is 15.0. The Morgan fingerprint density at radius 3 is 2.41 bits per heavy atom. The van der Waals surface area contributed by atoms with Crippen LogP contribution in [0.5, 0.6) is 0 Å². The standard InChI is InChI=1S/C12H20N2O.C11H14N2O3S/c1-14-10-8-2-7-3-9(10)6-12(4-7,5-8)11(13)15;1-8-4-5-9(6-10(8)13(15)16)17-12-11(2,3)7-14/h7-10,14H,2-6H2,1H3,(H2,13,15);4-7,12H,1-3H3. The van der Waals surface area contributed by atoms with Crippen LogP contribution >= 0.6 is 11.9 Å². The van der Waals surface area contributed by atoms with Gasteiger partial charge in [-0.25, -0.2) is 4.72 Å². The number of benzene rings is 1. The number of primary amides is 1. The van der Waals surface area contributed by atoms with Gasteiger partial charge in [0, 0.05) is 28.0 Å². The zero-order chi connectivity index (χ0) is 23.7. The lowest BCUT2D eigenvalue weighted by Crippen LogP contribution is -2.60. The minimum Gasteiger partial charge on any atom is -0.369 e. The molecule has 0 radical (unpaired) electrons. The quantitative estimate of drug-likeness (QED) is 0.245. The molecule has 4 N–H and O–H groups in total. The Kier molecular flexibility index (Phi) is 7.31. The molecule has 4 aliphatic carbocycles. The van der Waals surface area contributed by atoms with E-state index in [1.807, 2.05) is 0 Å². The van der Waals surface area contributed by atoms with Crippen molar-refractivity contribution in [3.8, 4) is 0 Å². The van der Waals surface area contributed by atoms with Gasteiger partial charge in [0.2, 0.25) is 5.91 Å². The molecule has 0 aliphatic heterocycles. The van der Waals surface area contributed by atoms with Crippen molar-refractivity contribution in [3.63, 3.8) is 0 Å². The minimum absolute atomic E-state index is 0.0311. The Bertz CT molecular complexity index is 875. The van der Waals surface area contributed by atoms with E-state index in [0.717, 1.165) is 31.5 Å². The number of carbonyl (C=O) groups is 2. The van der Waals surface area contributed by atoms with E-state index in [-0.39, 0.29) is 17.0 Å². The topological polar surface area (TPSA) is 127 Å². The van der Waals surface area contributed by atoms with Crippen LogP contribution < -0.4 is 15.8 Å². The molecule has 176 valence electrons. The SMILES string of the molecule is CNC1C2CC3CC1CC(C(N)=O)(C3)C2.Cc1ccc(SNC(C)(C)C=O)cc1[N+](=O)[O-]. The van der Waals surface area contributed by atoms with E-state index in [4.69, 9.17) is 5.73 Å². The van der Waals surface area contributed by atoms with Crippen LogP contribution in [0.1, 0.15) is 51.5 Å². The van der Waals surface area contributed by atoms with Crippen LogP contribution in [0.25, 0.3) is 0 Å². The molecule has 4 aliphatic rings. The highest BCUT2D eigenvalue weighted by Gasteiger charge is 2.57. The number of nitrogens with one attached hydrogen (secondary N) is 2. The van der Waals surface area contributed by atoms with Crippen molar-refractivity contribution in [2.75, 3.05) is 7.05 Å². The molecule has 1 aromatic carbocycles. The summed E-state index contributed by atoms with van der Waals surface area (Å²) in [5, 5.41) is 14.2. The zero-order valence-corrected chi connectivity index (χ0v) is 20.0. The molecule has 0 aromatic heterocycles. The van der Waals surface area contributed by atoms with Gasteiger partial charge in [-0.15, -0.1) is 0 Å². The second-order valence-corrected chi connectivity index (χ2v) is 11.1. The summed E-state index contributed by atoms with van der Waals surface area (Å²) in [5.41, 5.74) is 5.54. The molecule has 2 atom stereocenters. The third kappa shape index (κ3) is 5.15. The molecule has 0 heterocycles. The zero-order valence-electron chi connectivity index (χ0n) is 19.2. The van der Waals surface area contributed by atoms with Gasteiger partial charge in [-0.2, -0.15) is 0 Å². The van der Waals surface area contributed by atoms with Gasteiger partial charge in [-0.1, -0.05) is 6.07 Å². The monoisotopic (exact) mass is 462 g/mol. The second-order valence-electron chi connectivity index (χ2n) is 10.2. The number of nitrogens with zero attached hydrogens (tertiary/aromatic N) is 1. The van der Waals surface area contributed by atoms with Crippen LogP contribution in [0.4, 0.5) is 5.69 Å². The number of aldehydes is 1. The molecular formula is C23H34N4O4S. The molecule has 0 saturated heterocycles. The summed E-state index contributed by atoms with van der Waals surface area (Å²) in [4.78, 5) is 33.4. The second kappa shape index (κ2) is 9.49. The number of amides is 1. The maximum Gasteiger partial charge on any atom is 0.273 e. The highest BCUT2D eigenvalue weighted by molar-refractivity contribution is 7.97. The van der Waals surface area contributed by atoms with Crippen molar-refractivity contribution in [2.45, 2.75) is 69.4 Å². The van der Waals surface area contributed by atoms with Gasteiger partial charge < -0.3 is 15.8 Å². The normalized spacial score (nSPS) is 30.4. The van der Waals surface area contributed by atoms with E-state index >= 15 is 0 Å². The van der Waals surface area contributed by atoms with Gasteiger partial charge in [0.25, 0.3) is 5.69 Å². The van der Waals surface area contributed by atoms with Crippen LogP contribution in [-0.4, -0.2) is 35.7 Å². The average molecular weight is 463 g/mol. The van der Waals surface area contributed by atoms with E-state index < -0.39 is 10.5 Å². The Labute approximate surface area is 193 Å². The number of nitro groups is 1. The largest absolute Gasteiger partial charge is 0.369 e. The summed E-state index contributed by atoms with van der Waals surface area (Å²) < 4.78 is 2.94. The van der Waals surface area contributed by atoms with Crippen molar-refractivity contribution < 1.29 is 14.5 Å². The summed E-state index contributed by atoms with van der Waals surface area (Å²) in [7, 11) is 2.06. The highest BCUT2D eigenvalue weighted by Crippen LogP contribution is 2.59. The van der Waals surface area contributed by atoms with Crippen LogP contribution in [-0.2, 0) is 9.59 Å². The number of hydrogen-bond acceptors (Lipinski definition) is 7. The smallest absolute Gasteiger partial charge is 0.273 e. The number of aryl methyl sites for hydroxylation is 1. The van der Waals surface area contributed by atoms with Gasteiger partial charge >= 0.3 is 0 Å². The predicted molar refractivity (Wildman–Crippen MR) is 125 cm³/mol. The maximum atomic E-state index is 11.6. The van der Waals surface area contributed by atoms with Crippen molar-refractivity contribution in [1.82, 2.24) is 10.0 Å². The minimum atomic E-state index is -0.662. The predicted octanol–water partition coefficient (Wildman–Crippen LogP) is 3.36. The number of rotatable bonds is 7. The lowest BCUT2D eigenvalue weighted by atomic mass is 9.47. The third-order valence-electron chi connectivity index (χ3n) is 7.23. The van der Waals surface area contributed by atoms with Gasteiger partial charge in [-0.05, 0) is 95.7 Å². The number of hydrogen-bond donors (Lipinski definition) is 3. The summed E-state index contributed by atoms with van der Waals surface area (Å²) in [5.74, 6) is 2.15. The molecule has 1 amide bonds. The van der Waals surface area contributed by atoms with E-state index in [9.17, 15) is 19.7 Å². The average Bonchev–Trinajstić information content (AvgIpc) is 2.73. The summed E-state index contributed by atoms with van der Waals surface area (Å²) in [6.07, 6.45) is 6.59. The van der Waals surface area contributed by atoms with E-state index in [2.05, 4.69) is 17.1 Å². The first-order valence-electron chi connectivity index (χ1n) is 11.1. The Balaban J connectivity index is 0.000000181. The van der Waals surface area contributed by atoms with Gasteiger partial charge in [0.05, 0.1) is 10.5 Å². The van der Waals surface area contributed by atoms with Crippen LogP contribution in [0.3, 0.4) is 0 Å². The highest BCUT2D eigenvalue weighted by atomic mass is 32.2. The Hall–Kier alpha value is -1.97. The number of carbonyl (C=O) groups excluding carboxylic acids is 2.